The topological polar surface area (TPSA) is 34.1 Å². The van der Waals surface area contributed by atoms with Gasteiger partial charge in [0.2, 0.25) is 5.88 Å². The lowest BCUT2D eigenvalue weighted by atomic mass is 9.93. The Morgan fingerprint density at radius 3 is 2.60 bits per heavy atom. The van der Waals surface area contributed by atoms with Crippen molar-refractivity contribution in [3.8, 4) is 5.88 Å². The first-order valence-corrected chi connectivity index (χ1v) is 7.91. The highest BCUT2D eigenvalue weighted by molar-refractivity contribution is 5.18. The lowest BCUT2D eigenvalue weighted by molar-refractivity contribution is 0.379. The molecule has 2 atom stereocenters. The maximum absolute atomic E-state index is 5.11. The van der Waals surface area contributed by atoms with Crippen molar-refractivity contribution in [1.29, 1.82) is 0 Å². The van der Waals surface area contributed by atoms with Gasteiger partial charge in [-0.25, -0.2) is 4.98 Å². The van der Waals surface area contributed by atoms with E-state index in [1.165, 1.54) is 31.2 Å². The molecule has 1 aromatic heterocycles. The molecule has 0 aliphatic rings. The van der Waals surface area contributed by atoms with Gasteiger partial charge >= 0.3 is 0 Å². The molecule has 0 saturated carbocycles. The van der Waals surface area contributed by atoms with Crippen LogP contribution in [-0.4, -0.2) is 24.7 Å². The zero-order valence-electron chi connectivity index (χ0n) is 13.5. The maximum Gasteiger partial charge on any atom is 0.212 e. The lowest BCUT2D eigenvalue weighted by Crippen LogP contribution is -2.33. The fourth-order valence-corrected chi connectivity index (χ4v) is 2.62. The summed E-state index contributed by atoms with van der Waals surface area (Å²) in [7, 11) is 1.65. The van der Waals surface area contributed by atoms with E-state index >= 15 is 0 Å². The SMILES string of the molecule is CCCNC(Cc1ccc(OC)nc1)CC(C)CCC. The van der Waals surface area contributed by atoms with Gasteiger partial charge in [0.25, 0.3) is 0 Å². The molecule has 2 unspecified atom stereocenters. The van der Waals surface area contributed by atoms with E-state index in [1.54, 1.807) is 7.11 Å². The molecule has 0 fully saturated rings. The normalized spacial score (nSPS) is 14.0. The highest BCUT2D eigenvalue weighted by Crippen LogP contribution is 2.16. The molecule has 0 saturated heterocycles. The van der Waals surface area contributed by atoms with Crippen LogP contribution in [0.3, 0.4) is 0 Å². The Morgan fingerprint density at radius 1 is 1.25 bits per heavy atom. The van der Waals surface area contributed by atoms with Crippen LogP contribution in [0.5, 0.6) is 5.88 Å². The second kappa shape index (κ2) is 9.76. The Balaban J connectivity index is 2.57. The zero-order chi connectivity index (χ0) is 14.8. The molecule has 0 aliphatic heterocycles. The van der Waals surface area contributed by atoms with E-state index in [0.717, 1.165) is 18.9 Å². The summed E-state index contributed by atoms with van der Waals surface area (Å²) < 4.78 is 5.11. The van der Waals surface area contributed by atoms with Gasteiger partial charge in [0, 0.05) is 18.3 Å². The van der Waals surface area contributed by atoms with E-state index < -0.39 is 0 Å². The summed E-state index contributed by atoms with van der Waals surface area (Å²) in [4.78, 5) is 4.30. The number of aromatic nitrogens is 1. The summed E-state index contributed by atoms with van der Waals surface area (Å²) in [5.41, 5.74) is 1.28. The lowest BCUT2D eigenvalue weighted by Gasteiger charge is -2.22. The van der Waals surface area contributed by atoms with Crippen LogP contribution in [0.1, 0.15) is 52.0 Å². The highest BCUT2D eigenvalue weighted by Gasteiger charge is 2.13. The number of hydrogen-bond acceptors (Lipinski definition) is 3. The molecule has 0 aromatic carbocycles. The molecule has 1 heterocycles. The molecule has 1 rings (SSSR count). The van der Waals surface area contributed by atoms with E-state index in [9.17, 15) is 0 Å². The smallest absolute Gasteiger partial charge is 0.212 e. The predicted molar refractivity (Wildman–Crippen MR) is 85.3 cm³/mol. The summed E-state index contributed by atoms with van der Waals surface area (Å²) in [6.07, 6.45) is 7.98. The third-order valence-electron chi connectivity index (χ3n) is 3.64. The van der Waals surface area contributed by atoms with Crippen LogP contribution in [-0.2, 0) is 6.42 Å². The van der Waals surface area contributed by atoms with Crippen LogP contribution < -0.4 is 10.1 Å². The molecule has 3 heteroatoms. The minimum atomic E-state index is 0.548. The number of nitrogens with zero attached hydrogens (tertiary/aromatic N) is 1. The van der Waals surface area contributed by atoms with Gasteiger partial charge < -0.3 is 10.1 Å². The first-order chi connectivity index (χ1) is 9.69. The molecule has 114 valence electrons. The average Bonchev–Trinajstić information content (AvgIpc) is 2.45. The van der Waals surface area contributed by atoms with Gasteiger partial charge in [-0.15, -0.1) is 0 Å². The zero-order valence-corrected chi connectivity index (χ0v) is 13.5. The van der Waals surface area contributed by atoms with Gasteiger partial charge in [-0.1, -0.05) is 39.7 Å². The molecular formula is C17H30N2O. The summed E-state index contributed by atoms with van der Waals surface area (Å²) in [6.45, 7) is 7.93. The van der Waals surface area contributed by atoms with Crippen molar-refractivity contribution in [1.82, 2.24) is 10.3 Å². The summed E-state index contributed by atoms with van der Waals surface area (Å²) in [6, 6.07) is 4.62. The van der Waals surface area contributed by atoms with E-state index in [2.05, 4.69) is 37.1 Å². The van der Waals surface area contributed by atoms with Crippen molar-refractivity contribution in [2.75, 3.05) is 13.7 Å². The number of methoxy groups -OCH3 is 1. The molecule has 3 nitrogen and oxygen atoms in total. The fraction of sp³-hybridized carbons (Fsp3) is 0.706. The molecule has 1 aromatic rings. The third kappa shape index (κ3) is 6.38. The number of hydrogen-bond donors (Lipinski definition) is 1. The number of nitrogens with one attached hydrogen (secondary N) is 1. The van der Waals surface area contributed by atoms with Gasteiger partial charge in [0.15, 0.2) is 0 Å². The van der Waals surface area contributed by atoms with E-state index in [1.807, 2.05) is 12.3 Å². The van der Waals surface area contributed by atoms with Crippen molar-refractivity contribution >= 4 is 0 Å². The molecule has 1 N–H and O–H groups in total. The Morgan fingerprint density at radius 2 is 2.05 bits per heavy atom. The van der Waals surface area contributed by atoms with Crippen LogP contribution in [0.25, 0.3) is 0 Å². The summed E-state index contributed by atoms with van der Waals surface area (Å²) in [5, 5.41) is 3.68. The quantitative estimate of drug-likeness (QED) is 0.706. The van der Waals surface area contributed by atoms with Crippen molar-refractivity contribution < 1.29 is 4.74 Å². The van der Waals surface area contributed by atoms with Gasteiger partial charge in [-0.3, -0.25) is 0 Å². The van der Waals surface area contributed by atoms with Crippen LogP contribution in [0.15, 0.2) is 18.3 Å². The first-order valence-electron chi connectivity index (χ1n) is 7.91. The van der Waals surface area contributed by atoms with Gasteiger partial charge in [0.05, 0.1) is 7.11 Å². The second-order valence-electron chi connectivity index (χ2n) is 5.69. The molecule has 0 amide bonds. The van der Waals surface area contributed by atoms with Gasteiger partial charge in [-0.05, 0) is 37.3 Å². The predicted octanol–water partition coefficient (Wildman–Crippen LogP) is 3.83. The minimum Gasteiger partial charge on any atom is -0.481 e. The van der Waals surface area contributed by atoms with Crippen molar-refractivity contribution in [2.45, 2.75) is 58.9 Å². The number of pyridine rings is 1. The molecule has 0 radical (unpaired) electrons. The van der Waals surface area contributed by atoms with Crippen LogP contribution in [0.4, 0.5) is 0 Å². The van der Waals surface area contributed by atoms with Crippen molar-refractivity contribution in [3.63, 3.8) is 0 Å². The standard InChI is InChI=1S/C17H30N2O/c1-5-7-14(3)11-16(18-10-6-2)12-15-8-9-17(20-4)19-13-15/h8-9,13-14,16,18H,5-7,10-12H2,1-4H3. The van der Waals surface area contributed by atoms with Crippen LogP contribution >= 0.6 is 0 Å². The fourth-order valence-electron chi connectivity index (χ4n) is 2.62. The molecular weight excluding hydrogens is 248 g/mol. The molecule has 0 aliphatic carbocycles. The highest BCUT2D eigenvalue weighted by atomic mass is 16.5. The van der Waals surface area contributed by atoms with Gasteiger partial charge in [0.1, 0.15) is 0 Å². The molecule has 0 bridgehead atoms. The number of ether oxygens (including phenoxy) is 1. The minimum absolute atomic E-state index is 0.548. The van der Waals surface area contributed by atoms with E-state index in [0.29, 0.717) is 11.9 Å². The average molecular weight is 278 g/mol. The van der Waals surface area contributed by atoms with Crippen molar-refractivity contribution in [2.24, 2.45) is 5.92 Å². The van der Waals surface area contributed by atoms with Gasteiger partial charge in [-0.2, -0.15) is 0 Å². The largest absolute Gasteiger partial charge is 0.481 e. The first kappa shape index (κ1) is 17.0. The Hall–Kier alpha value is -1.09. The Labute approximate surface area is 124 Å². The number of rotatable bonds is 10. The molecule has 20 heavy (non-hydrogen) atoms. The summed E-state index contributed by atoms with van der Waals surface area (Å²) in [5.74, 6) is 1.46. The van der Waals surface area contributed by atoms with Crippen molar-refractivity contribution in [3.05, 3.63) is 23.9 Å². The van der Waals surface area contributed by atoms with Crippen LogP contribution in [0, 0.1) is 5.92 Å². The second-order valence-corrected chi connectivity index (χ2v) is 5.69. The van der Waals surface area contributed by atoms with Crippen LogP contribution in [0.2, 0.25) is 0 Å². The van der Waals surface area contributed by atoms with E-state index in [4.69, 9.17) is 4.74 Å². The Bertz CT molecular complexity index is 351. The third-order valence-corrected chi connectivity index (χ3v) is 3.64. The molecule has 0 spiro atoms. The summed E-state index contributed by atoms with van der Waals surface area (Å²) >= 11 is 0. The van der Waals surface area contributed by atoms with E-state index in [-0.39, 0.29) is 0 Å². The Kier molecular flexibility index (Phi) is 8.28. The monoisotopic (exact) mass is 278 g/mol. The maximum atomic E-state index is 5.11.